The molecule has 36 heavy (non-hydrogen) atoms. The Morgan fingerprint density at radius 1 is 0.917 bits per heavy atom. The number of rotatable bonds is 6. The molecule has 2 N–H and O–H groups in total. The van der Waals surface area contributed by atoms with Crippen LogP contribution in [0.1, 0.15) is 39.1 Å². The number of carbonyl (C=O) groups is 3. The minimum Gasteiger partial charge on any atom is -0.465 e. The summed E-state index contributed by atoms with van der Waals surface area (Å²) in [7, 11) is 1.38. The number of esters is 1. The Bertz CT molecular complexity index is 1300. The van der Waals surface area contributed by atoms with E-state index in [2.05, 4.69) is 15.5 Å². The van der Waals surface area contributed by atoms with Crippen LogP contribution in [0.25, 0.3) is 11.1 Å². The summed E-state index contributed by atoms with van der Waals surface area (Å²) in [6.45, 7) is 1.85. The molecule has 0 atom stereocenters. The number of ketones is 1. The monoisotopic (exact) mass is 505 g/mol. The van der Waals surface area contributed by atoms with Crippen molar-refractivity contribution in [3.63, 3.8) is 0 Å². The highest BCUT2D eigenvalue weighted by molar-refractivity contribution is 6.22. The number of anilines is 2. The molecule has 1 saturated heterocycles. The van der Waals surface area contributed by atoms with Gasteiger partial charge in [0.2, 0.25) is 5.91 Å². The molecule has 0 spiro atoms. The summed E-state index contributed by atoms with van der Waals surface area (Å²) >= 11 is 0. The van der Waals surface area contributed by atoms with Crippen molar-refractivity contribution in [3.8, 4) is 11.1 Å². The Balaban J connectivity index is 0.00000304. The SMILES string of the molecule is COC(=O)c1ccccc1NC1CCN(CC(=O)Nc2ccc3c(c2)-c2ccccc2C3=O)CC1.Cl. The summed E-state index contributed by atoms with van der Waals surface area (Å²) < 4.78 is 4.87. The van der Waals surface area contributed by atoms with Gasteiger partial charge in [0.1, 0.15) is 0 Å². The number of hydrogen-bond donors (Lipinski definition) is 2. The van der Waals surface area contributed by atoms with Crippen LogP contribution in [0.4, 0.5) is 11.4 Å². The number of carbonyl (C=O) groups excluding carboxylic acids is 3. The molecule has 1 aliphatic heterocycles. The fourth-order valence-electron chi connectivity index (χ4n) is 4.86. The van der Waals surface area contributed by atoms with Crippen molar-refractivity contribution in [2.75, 3.05) is 37.4 Å². The number of likely N-dealkylation sites (tertiary alicyclic amines) is 1. The number of nitrogens with zero attached hydrogens (tertiary/aromatic N) is 1. The molecule has 1 heterocycles. The zero-order valence-corrected chi connectivity index (χ0v) is 20.8. The van der Waals surface area contributed by atoms with Crippen molar-refractivity contribution >= 4 is 41.4 Å². The molecule has 0 radical (unpaired) electrons. The van der Waals surface area contributed by atoms with Crippen molar-refractivity contribution in [2.45, 2.75) is 18.9 Å². The number of para-hydroxylation sites is 1. The molecule has 0 unspecified atom stereocenters. The van der Waals surface area contributed by atoms with Crippen LogP contribution in [0.15, 0.2) is 66.7 Å². The first-order chi connectivity index (χ1) is 17.0. The van der Waals surface area contributed by atoms with Crippen LogP contribution < -0.4 is 10.6 Å². The number of fused-ring (bicyclic) bond motifs is 3. The van der Waals surface area contributed by atoms with E-state index in [0.29, 0.717) is 28.9 Å². The van der Waals surface area contributed by atoms with Crippen LogP contribution in [0, 0.1) is 0 Å². The molecule has 3 aromatic rings. The minimum absolute atomic E-state index is 0. The van der Waals surface area contributed by atoms with E-state index in [1.54, 1.807) is 18.2 Å². The second-order valence-electron chi connectivity index (χ2n) is 8.92. The number of piperidine rings is 1. The number of ether oxygens (including phenoxy) is 1. The number of methoxy groups -OCH3 is 1. The first kappa shape index (κ1) is 25.4. The van der Waals surface area contributed by atoms with E-state index in [4.69, 9.17) is 4.74 Å². The van der Waals surface area contributed by atoms with Crippen LogP contribution >= 0.6 is 12.4 Å². The van der Waals surface area contributed by atoms with Crippen LogP contribution in [0.3, 0.4) is 0 Å². The largest absolute Gasteiger partial charge is 0.465 e. The normalized spacial score (nSPS) is 14.9. The molecule has 2 aliphatic rings. The first-order valence-corrected chi connectivity index (χ1v) is 11.8. The van der Waals surface area contributed by atoms with Gasteiger partial charge in [-0.15, -0.1) is 12.4 Å². The maximum Gasteiger partial charge on any atom is 0.339 e. The predicted octanol–water partition coefficient (Wildman–Crippen LogP) is 4.62. The smallest absolute Gasteiger partial charge is 0.339 e. The third kappa shape index (κ3) is 5.12. The molecule has 1 amide bonds. The summed E-state index contributed by atoms with van der Waals surface area (Å²) in [4.78, 5) is 39.4. The molecule has 3 aromatic carbocycles. The maximum absolute atomic E-state index is 12.7. The highest BCUT2D eigenvalue weighted by Crippen LogP contribution is 2.37. The zero-order chi connectivity index (χ0) is 24.4. The van der Waals surface area contributed by atoms with Gasteiger partial charge in [-0.05, 0) is 54.3 Å². The molecule has 8 heteroatoms. The Morgan fingerprint density at radius 3 is 2.33 bits per heavy atom. The summed E-state index contributed by atoms with van der Waals surface area (Å²) in [5, 5.41) is 6.44. The molecular formula is C28H28ClN3O4. The molecule has 1 aliphatic carbocycles. The molecule has 0 bridgehead atoms. The van der Waals surface area contributed by atoms with Crippen molar-refractivity contribution < 1.29 is 19.1 Å². The summed E-state index contributed by atoms with van der Waals surface area (Å²) in [6.07, 6.45) is 1.72. The summed E-state index contributed by atoms with van der Waals surface area (Å²) in [5.41, 5.74) is 5.13. The lowest BCUT2D eigenvalue weighted by Crippen LogP contribution is -2.42. The van der Waals surface area contributed by atoms with Crippen LogP contribution in [0.2, 0.25) is 0 Å². The Morgan fingerprint density at radius 2 is 1.58 bits per heavy atom. The molecule has 1 fully saturated rings. The van der Waals surface area contributed by atoms with Crippen molar-refractivity contribution in [2.24, 2.45) is 0 Å². The lowest BCUT2D eigenvalue weighted by atomic mass is 10.0. The maximum atomic E-state index is 12.7. The average Bonchev–Trinajstić information content (AvgIpc) is 3.16. The molecule has 5 rings (SSSR count). The van der Waals surface area contributed by atoms with Gasteiger partial charge in [-0.3, -0.25) is 14.5 Å². The van der Waals surface area contributed by atoms with Crippen LogP contribution in [-0.2, 0) is 9.53 Å². The van der Waals surface area contributed by atoms with E-state index in [1.165, 1.54) is 7.11 Å². The van der Waals surface area contributed by atoms with Gasteiger partial charge in [-0.25, -0.2) is 4.79 Å². The topological polar surface area (TPSA) is 87.7 Å². The van der Waals surface area contributed by atoms with E-state index in [9.17, 15) is 14.4 Å². The Labute approximate surface area is 216 Å². The van der Waals surface area contributed by atoms with E-state index < -0.39 is 0 Å². The van der Waals surface area contributed by atoms with Gasteiger partial charge in [0.05, 0.1) is 19.2 Å². The van der Waals surface area contributed by atoms with Gasteiger partial charge in [-0.2, -0.15) is 0 Å². The average molecular weight is 506 g/mol. The Hall–Kier alpha value is -3.68. The van der Waals surface area contributed by atoms with Gasteiger partial charge in [-0.1, -0.05) is 36.4 Å². The molecule has 0 saturated carbocycles. The van der Waals surface area contributed by atoms with Gasteiger partial charge in [0.15, 0.2) is 5.78 Å². The number of amides is 1. The van der Waals surface area contributed by atoms with Crippen molar-refractivity contribution in [1.29, 1.82) is 0 Å². The predicted molar refractivity (Wildman–Crippen MR) is 142 cm³/mol. The minimum atomic E-state index is -0.360. The Kier molecular flexibility index (Phi) is 7.72. The first-order valence-electron chi connectivity index (χ1n) is 11.8. The fourth-order valence-corrected chi connectivity index (χ4v) is 4.86. The fraction of sp³-hybridized carbons (Fsp3) is 0.250. The van der Waals surface area contributed by atoms with E-state index in [-0.39, 0.29) is 36.1 Å². The quantitative estimate of drug-likeness (QED) is 0.372. The number of hydrogen-bond acceptors (Lipinski definition) is 6. The standard InChI is InChI=1S/C28H27N3O4.ClH/c1-35-28(34)23-8-4-5-9-25(23)29-18-12-14-31(15-13-18)17-26(32)30-19-10-11-22-24(16-19)20-6-2-3-7-21(20)27(22)33;/h2-11,16,18,29H,12-15,17H2,1H3,(H,30,32);1H. The number of halogens is 1. The zero-order valence-electron chi connectivity index (χ0n) is 20.0. The van der Waals surface area contributed by atoms with Crippen molar-refractivity contribution in [1.82, 2.24) is 4.90 Å². The second-order valence-corrected chi connectivity index (χ2v) is 8.92. The third-order valence-corrected chi connectivity index (χ3v) is 6.66. The third-order valence-electron chi connectivity index (χ3n) is 6.66. The summed E-state index contributed by atoms with van der Waals surface area (Å²) in [6, 6.07) is 20.6. The lowest BCUT2D eigenvalue weighted by molar-refractivity contribution is -0.117. The van der Waals surface area contributed by atoms with Crippen molar-refractivity contribution in [3.05, 3.63) is 83.4 Å². The highest BCUT2D eigenvalue weighted by Gasteiger charge is 2.27. The van der Waals surface area contributed by atoms with Gasteiger partial charge < -0.3 is 15.4 Å². The molecular weight excluding hydrogens is 478 g/mol. The summed E-state index contributed by atoms with van der Waals surface area (Å²) in [5.74, 6) is -0.411. The van der Waals surface area contributed by atoms with E-state index >= 15 is 0 Å². The van der Waals surface area contributed by atoms with Crippen LogP contribution in [-0.4, -0.2) is 55.3 Å². The number of nitrogens with one attached hydrogen (secondary N) is 2. The molecule has 186 valence electrons. The van der Waals surface area contributed by atoms with E-state index in [0.717, 1.165) is 42.7 Å². The van der Waals surface area contributed by atoms with Gasteiger partial charge in [0, 0.05) is 41.6 Å². The van der Waals surface area contributed by atoms with Crippen LogP contribution in [0.5, 0.6) is 0 Å². The second kappa shape index (κ2) is 10.9. The van der Waals surface area contributed by atoms with Gasteiger partial charge >= 0.3 is 5.97 Å². The lowest BCUT2D eigenvalue weighted by Gasteiger charge is -2.32. The number of benzene rings is 3. The van der Waals surface area contributed by atoms with E-state index in [1.807, 2.05) is 48.5 Å². The molecule has 0 aromatic heterocycles. The highest BCUT2D eigenvalue weighted by atomic mass is 35.5. The van der Waals surface area contributed by atoms with Gasteiger partial charge in [0.25, 0.3) is 0 Å². The molecule has 7 nitrogen and oxygen atoms in total.